The number of benzene rings is 1. The second-order valence-electron chi connectivity index (χ2n) is 4.96. The lowest BCUT2D eigenvalue weighted by Gasteiger charge is -2.09. The molecule has 0 unspecified atom stereocenters. The van der Waals surface area contributed by atoms with E-state index in [0.29, 0.717) is 0 Å². The SMILES string of the molecule is C#CCCn1c(CNC2CC2)cc2ccccc21. The molecule has 1 N–H and O–H groups in total. The first-order chi connectivity index (χ1) is 8.88. The lowest BCUT2D eigenvalue weighted by molar-refractivity contribution is 0.624. The zero-order valence-corrected chi connectivity index (χ0v) is 10.5. The monoisotopic (exact) mass is 238 g/mol. The summed E-state index contributed by atoms with van der Waals surface area (Å²) < 4.78 is 2.35. The molecule has 0 aliphatic heterocycles. The van der Waals surface area contributed by atoms with Crippen molar-refractivity contribution in [2.24, 2.45) is 0 Å². The Kier molecular flexibility index (Phi) is 3.08. The molecule has 1 fully saturated rings. The minimum absolute atomic E-state index is 0.740. The Morgan fingerprint density at radius 1 is 1.33 bits per heavy atom. The topological polar surface area (TPSA) is 17.0 Å². The second-order valence-corrected chi connectivity index (χ2v) is 4.96. The molecule has 1 heterocycles. The van der Waals surface area contributed by atoms with Crippen molar-refractivity contribution in [2.45, 2.75) is 38.4 Å². The molecular weight excluding hydrogens is 220 g/mol. The molecule has 0 atom stereocenters. The van der Waals surface area contributed by atoms with Crippen LogP contribution in [0.2, 0.25) is 0 Å². The van der Waals surface area contributed by atoms with Gasteiger partial charge in [0.05, 0.1) is 0 Å². The van der Waals surface area contributed by atoms with Gasteiger partial charge in [-0.25, -0.2) is 0 Å². The average Bonchev–Trinajstić information content (AvgIpc) is 3.16. The Morgan fingerprint density at radius 2 is 2.17 bits per heavy atom. The molecular formula is C16H18N2. The molecule has 0 spiro atoms. The number of aromatic nitrogens is 1. The summed E-state index contributed by atoms with van der Waals surface area (Å²) in [5.41, 5.74) is 2.64. The third kappa shape index (κ3) is 2.27. The van der Waals surface area contributed by atoms with Gasteiger partial charge in [0, 0.05) is 36.8 Å². The van der Waals surface area contributed by atoms with E-state index in [2.05, 4.69) is 46.1 Å². The molecule has 18 heavy (non-hydrogen) atoms. The number of aryl methyl sites for hydroxylation is 1. The summed E-state index contributed by atoms with van der Waals surface area (Å²) in [6.45, 7) is 1.86. The number of nitrogens with one attached hydrogen (secondary N) is 1. The maximum absolute atomic E-state index is 5.39. The number of nitrogens with zero attached hydrogens (tertiary/aromatic N) is 1. The van der Waals surface area contributed by atoms with Crippen LogP contribution in [0.3, 0.4) is 0 Å². The maximum Gasteiger partial charge on any atom is 0.0483 e. The lowest BCUT2D eigenvalue weighted by atomic mass is 10.2. The predicted molar refractivity (Wildman–Crippen MR) is 75.2 cm³/mol. The molecule has 92 valence electrons. The van der Waals surface area contributed by atoms with Crippen LogP contribution in [0.1, 0.15) is 25.0 Å². The summed E-state index contributed by atoms with van der Waals surface area (Å²) >= 11 is 0. The largest absolute Gasteiger partial charge is 0.342 e. The molecule has 0 saturated heterocycles. The van der Waals surface area contributed by atoms with Gasteiger partial charge < -0.3 is 9.88 Å². The second kappa shape index (κ2) is 4.88. The van der Waals surface area contributed by atoms with Crippen molar-refractivity contribution in [2.75, 3.05) is 0 Å². The summed E-state index contributed by atoms with van der Waals surface area (Å²) in [5, 5.41) is 4.89. The van der Waals surface area contributed by atoms with E-state index in [9.17, 15) is 0 Å². The van der Waals surface area contributed by atoms with E-state index in [-0.39, 0.29) is 0 Å². The minimum Gasteiger partial charge on any atom is -0.342 e. The number of terminal acetylenes is 1. The summed E-state index contributed by atoms with van der Waals surface area (Å²) in [4.78, 5) is 0. The van der Waals surface area contributed by atoms with E-state index in [4.69, 9.17) is 6.42 Å². The lowest BCUT2D eigenvalue weighted by Crippen LogP contribution is -2.18. The fourth-order valence-corrected chi connectivity index (χ4v) is 2.39. The Balaban J connectivity index is 1.91. The van der Waals surface area contributed by atoms with Crippen molar-refractivity contribution in [3.8, 4) is 12.3 Å². The molecule has 0 radical (unpaired) electrons. The molecule has 1 aromatic carbocycles. The van der Waals surface area contributed by atoms with Gasteiger partial charge in [-0.15, -0.1) is 12.3 Å². The molecule has 1 saturated carbocycles. The van der Waals surface area contributed by atoms with Crippen molar-refractivity contribution in [1.82, 2.24) is 9.88 Å². The third-order valence-corrected chi connectivity index (χ3v) is 3.53. The van der Waals surface area contributed by atoms with Gasteiger partial charge in [-0.05, 0) is 30.4 Å². The van der Waals surface area contributed by atoms with E-state index in [1.54, 1.807) is 0 Å². The highest BCUT2D eigenvalue weighted by Crippen LogP contribution is 2.23. The zero-order valence-electron chi connectivity index (χ0n) is 10.5. The minimum atomic E-state index is 0.740. The molecule has 1 aliphatic rings. The molecule has 2 aromatic rings. The van der Waals surface area contributed by atoms with Crippen LogP contribution >= 0.6 is 0 Å². The molecule has 1 aliphatic carbocycles. The van der Waals surface area contributed by atoms with Gasteiger partial charge in [0.25, 0.3) is 0 Å². The first-order valence-electron chi connectivity index (χ1n) is 6.62. The van der Waals surface area contributed by atoms with Crippen LogP contribution in [0.5, 0.6) is 0 Å². The summed E-state index contributed by atoms with van der Waals surface area (Å²) in [7, 11) is 0. The number of rotatable bonds is 5. The summed E-state index contributed by atoms with van der Waals surface area (Å²) in [6.07, 6.45) is 8.83. The predicted octanol–water partition coefficient (Wildman–Crippen LogP) is 2.92. The van der Waals surface area contributed by atoms with Gasteiger partial charge in [-0.2, -0.15) is 0 Å². The van der Waals surface area contributed by atoms with E-state index in [0.717, 1.165) is 25.6 Å². The van der Waals surface area contributed by atoms with Crippen LogP contribution in [0.15, 0.2) is 30.3 Å². The van der Waals surface area contributed by atoms with Gasteiger partial charge in [0.15, 0.2) is 0 Å². The normalized spacial score (nSPS) is 14.8. The van der Waals surface area contributed by atoms with E-state index >= 15 is 0 Å². The molecule has 0 bridgehead atoms. The number of para-hydroxylation sites is 1. The van der Waals surface area contributed by atoms with Crippen molar-refractivity contribution >= 4 is 10.9 Å². The first kappa shape index (κ1) is 11.4. The number of hydrogen-bond donors (Lipinski definition) is 1. The average molecular weight is 238 g/mol. The third-order valence-electron chi connectivity index (χ3n) is 3.53. The highest BCUT2D eigenvalue weighted by Gasteiger charge is 2.20. The van der Waals surface area contributed by atoms with Gasteiger partial charge in [-0.3, -0.25) is 0 Å². The summed E-state index contributed by atoms with van der Waals surface area (Å²) in [6, 6.07) is 11.5. The van der Waals surface area contributed by atoms with Crippen LogP contribution in [0, 0.1) is 12.3 Å². The standard InChI is InChI=1S/C16H18N2/c1-2-3-10-18-15(12-17-14-8-9-14)11-13-6-4-5-7-16(13)18/h1,4-7,11,14,17H,3,8-10,12H2. The van der Waals surface area contributed by atoms with E-state index < -0.39 is 0 Å². The maximum atomic E-state index is 5.39. The highest BCUT2D eigenvalue weighted by molar-refractivity contribution is 5.81. The molecule has 3 rings (SSSR count). The Hall–Kier alpha value is -1.72. The highest BCUT2D eigenvalue weighted by atomic mass is 15.0. The van der Waals surface area contributed by atoms with Crippen LogP contribution in [0.25, 0.3) is 10.9 Å². The van der Waals surface area contributed by atoms with Crippen molar-refractivity contribution < 1.29 is 0 Å². The van der Waals surface area contributed by atoms with Gasteiger partial charge in [0.1, 0.15) is 0 Å². The Bertz CT molecular complexity index is 585. The van der Waals surface area contributed by atoms with Crippen molar-refractivity contribution in [1.29, 1.82) is 0 Å². The number of hydrogen-bond acceptors (Lipinski definition) is 1. The van der Waals surface area contributed by atoms with Crippen molar-refractivity contribution in [3.05, 3.63) is 36.0 Å². The molecule has 0 amide bonds. The quantitative estimate of drug-likeness (QED) is 0.793. The van der Waals surface area contributed by atoms with E-state index in [1.807, 2.05) is 0 Å². The molecule has 2 nitrogen and oxygen atoms in total. The van der Waals surface area contributed by atoms with Crippen LogP contribution in [-0.4, -0.2) is 10.6 Å². The van der Waals surface area contributed by atoms with Gasteiger partial charge >= 0.3 is 0 Å². The Labute approximate surface area is 108 Å². The smallest absolute Gasteiger partial charge is 0.0483 e. The van der Waals surface area contributed by atoms with Crippen LogP contribution in [-0.2, 0) is 13.1 Å². The first-order valence-corrected chi connectivity index (χ1v) is 6.62. The van der Waals surface area contributed by atoms with E-state index in [1.165, 1.54) is 29.4 Å². The van der Waals surface area contributed by atoms with Crippen LogP contribution < -0.4 is 5.32 Å². The van der Waals surface area contributed by atoms with Gasteiger partial charge in [0.2, 0.25) is 0 Å². The van der Waals surface area contributed by atoms with Gasteiger partial charge in [-0.1, -0.05) is 18.2 Å². The molecule has 1 aromatic heterocycles. The number of fused-ring (bicyclic) bond motifs is 1. The Morgan fingerprint density at radius 3 is 2.94 bits per heavy atom. The molecule has 2 heteroatoms. The fourth-order valence-electron chi connectivity index (χ4n) is 2.39. The fraction of sp³-hybridized carbons (Fsp3) is 0.375. The summed E-state index contributed by atoms with van der Waals surface area (Å²) in [5.74, 6) is 2.73. The van der Waals surface area contributed by atoms with Crippen molar-refractivity contribution in [3.63, 3.8) is 0 Å². The van der Waals surface area contributed by atoms with Crippen LogP contribution in [0.4, 0.5) is 0 Å². The zero-order chi connectivity index (χ0) is 12.4.